The number of benzene rings is 1. The van der Waals surface area contributed by atoms with Gasteiger partial charge in [-0.2, -0.15) is 0 Å². The Kier molecular flexibility index (Phi) is 3.74. The smallest absolute Gasteiger partial charge is 0.331 e. The van der Waals surface area contributed by atoms with Gasteiger partial charge in [0.15, 0.2) is 0 Å². The van der Waals surface area contributed by atoms with Crippen LogP contribution in [0, 0.1) is 23.7 Å². The fourth-order valence-electron chi connectivity index (χ4n) is 4.45. The van der Waals surface area contributed by atoms with Crippen LogP contribution in [0.25, 0.3) is 0 Å². The van der Waals surface area contributed by atoms with Gasteiger partial charge in [-0.25, -0.2) is 4.79 Å². The summed E-state index contributed by atoms with van der Waals surface area (Å²) in [6.45, 7) is 3.73. The van der Waals surface area contributed by atoms with E-state index in [1.54, 1.807) is 12.1 Å². The van der Waals surface area contributed by atoms with E-state index < -0.39 is 5.97 Å². The highest BCUT2D eigenvalue weighted by Crippen LogP contribution is 2.52. The first-order valence-electron chi connectivity index (χ1n) is 8.80. The number of rotatable bonds is 4. The molecular formula is C20H21NO4. The van der Waals surface area contributed by atoms with Crippen molar-refractivity contribution in [3.05, 3.63) is 42.0 Å². The second kappa shape index (κ2) is 5.83. The van der Waals surface area contributed by atoms with Crippen molar-refractivity contribution in [1.82, 2.24) is 4.90 Å². The van der Waals surface area contributed by atoms with Crippen molar-refractivity contribution in [3.63, 3.8) is 0 Å². The summed E-state index contributed by atoms with van der Waals surface area (Å²) < 4.78 is 5.46. The molecule has 1 aromatic rings. The van der Waals surface area contributed by atoms with Gasteiger partial charge in [0.25, 0.3) is 0 Å². The Bertz CT molecular complexity index is 752. The molecule has 3 aliphatic rings. The van der Waals surface area contributed by atoms with Crippen molar-refractivity contribution >= 4 is 17.8 Å². The van der Waals surface area contributed by atoms with E-state index in [9.17, 15) is 14.4 Å². The molecule has 1 aliphatic heterocycles. The Labute approximate surface area is 146 Å². The topological polar surface area (TPSA) is 63.7 Å². The fraction of sp³-hybridized carbons (Fsp3) is 0.450. The predicted molar refractivity (Wildman–Crippen MR) is 90.6 cm³/mol. The molecule has 1 saturated heterocycles. The van der Waals surface area contributed by atoms with E-state index in [0.717, 1.165) is 16.9 Å². The molecule has 25 heavy (non-hydrogen) atoms. The zero-order valence-electron chi connectivity index (χ0n) is 14.3. The number of fused-ring (bicyclic) bond motifs is 5. The first-order chi connectivity index (χ1) is 12.0. The Morgan fingerprint density at radius 1 is 1.12 bits per heavy atom. The molecule has 2 bridgehead atoms. The minimum absolute atomic E-state index is 0.147. The number of para-hydroxylation sites is 1. The predicted octanol–water partition coefficient (Wildman–Crippen LogP) is 2.52. The average Bonchev–Trinajstić information content (AvgIpc) is 3.25. The summed E-state index contributed by atoms with van der Waals surface area (Å²) in [5.74, 6) is -0.583. The van der Waals surface area contributed by atoms with Gasteiger partial charge in [-0.15, -0.1) is 0 Å². The standard InChI is InChI=1S/C20H21NO4/c1-11(2)14-5-3-4-6-15(14)25-16(22)10-21-19(23)17-12-7-8-13(9-12)18(17)20(21)24/h3-8,11-13,17-18H,9-10H2,1-2H3/t12-,13-,17-,18-/m0/s1. The maximum absolute atomic E-state index is 12.6. The molecule has 2 amide bonds. The quantitative estimate of drug-likeness (QED) is 0.366. The third-order valence-electron chi connectivity index (χ3n) is 5.61. The summed E-state index contributed by atoms with van der Waals surface area (Å²) in [6, 6.07) is 7.34. The van der Waals surface area contributed by atoms with Gasteiger partial charge in [-0.1, -0.05) is 44.2 Å². The van der Waals surface area contributed by atoms with Crippen LogP contribution in [-0.2, 0) is 14.4 Å². The van der Waals surface area contributed by atoms with E-state index in [1.165, 1.54) is 0 Å². The number of hydrogen-bond acceptors (Lipinski definition) is 4. The number of nitrogens with zero attached hydrogens (tertiary/aromatic N) is 1. The molecule has 0 unspecified atom stereocenters. The van der Waals surface area contributed by atoms with Gasteiger partial charge < -0.3 is 4.74 Å². The van der Waals surface area contributed by atoms with Gasteiger partial charge in [0.1, 0.15) is 12.3 Å². The van der Waals surface area contributed by atoms with E-state index in [-0.39, 0.29) is 47.9 Å². The van der Waals surface area contributed by atoms with Crippen molar-refractivity contribution in [2.75, 3.05) is 6.54 Å². The summed E-state index contributed by atoms with van der Waals surface area (Å²) in [4.78, 5) is 38.7. The van der Waals surface area contributed by atoms with Crippen LogP contribution in [0.5, 0.6) is 5.75 Å². The first kappa shape index (κ1) is 16.1. The van der Waals surface area contributed by atoms with Crippen molar-refractivity contribution < 1.29 is 19.1 Å². The minimum Gasteiger partial charge on any atom is -0.425 e. The van der Waals surface area contributed by atoms with Crippen LogP contribution in [0.1, 0.15) is 31.7 Å². The number of amides is 2. The molecule has 4 rings (SSSR count). The Morgan fingerprint density at radius 2 is 1.72 bits per heavy atom. The lowest BCUT2D eigenvalue weighted by Gasteiger charge is -2.17. The lowest BCUT2D eigenvalue weighted by molar-refractivity contribution is -0.148. The zero-order chi connectivity index (χ0) is 17.7. The highest BCUT2D eigenvalue weighted by atomic mass is 16.5. The molecule has 0 N–H and O–H groups in total. The van der Waals surface area contributed by atoms with Gasteiger partial charge in [-0.3, -0.25) is 14.5 Å². The van der Waals surface area contributed by atoms with Crippen molar-refractivity contribution in [3.8, 4) is 5.75 Å². The molecule has 2 aliphatic carbocycles. The summed E-state index contributed by atoms with van der Waals surface area (Å²) in [5, 5.41) is 0. The van der Waals surface area contributed by atoms with Crippen LogP contribution in [0.3, 0.4) is 0 Å². The summed E-state index contributed by atoms with van der Waals surface area (Å²) in [6.07, 6.45) is 4.96. The number of carbonyl (C=O) groups excluding carboxylic acids is 3. The molecule has 5 heteroatoms. The average molecular weight is 339 g/mol. The number of carbonyl (C=O) groups is 3. The largest absolute Gasteiger partial charge is 0.425 e. The number of esters is 1. The monoisotopic (exact) mass is 339 g/mol. The first-order valence-corrected chi connectivity index (χ1v) is 8.80. The van der Waals surface area contributed by atoms with Crippen LogP contribution in [0.15, 0.2) is 36.4 Å². The normalized spacial score (nSPS) is 29.6. The molecule has 4 atom stereocenters. The molecule has 0 aromatic heterocycles. The van der Waals surface area contributed by atoms with Crippen molar-refractivity contribution in [1.29, 1.82) is 0 Å². The molecule has 0 radical (unpaired) electrons. The molecule has 2 fully saturated rings. The SMILES string of the molecule is CC(C)c1ccccc1OC(=O)CN1C(=O)[C@@H]2[C@@H](C1=O)[C@H]1C=C[C@H]2C1. The Hall–Kier alpha value is -2.43. The van der Waals surface area contributed by atoms with E-state index in [1.807, 2.05) is 38.1 Å². The zero-order valence-corrected chi connectivity index (χ0v) is 14.3. The van der Waals surface area contributed by atoms with Gasteiger partial charge in [0.05, 0.1) is 11.8 Å². The highest BCUT2D eigenvalue weighted by Gasteiger charge is 2.59. The van der Waals surface area contributed by atoms with Crippen LogP contribution >= 0.6 is 0 Å². The second-order valence-electron chi connectivity index (χ2n) is 7.43. The molecule has 1 saturated carbocycles. The maximum Gasteiger partial charge on any atom is 0.331 e. The third-order valence-corrected chi connectivity index (χ3v) is 5.61. The summed E-state index contributed by atoms with van der Waals surface area (Å²) in [5.41, 5.74) is 0.925. The van der Waals surface area contributed by atoms with E-state index >= 15 is 0 Å². The second-order valence-corrected chi connectivity index (χ2v) is 7.43. The fourth-order valence-corrected chi connectivity index (χ4v) is 4.45. The molecule has 5 nitrogen and oxygen atoms in total. The van der Waals surface area contributed by atoms with Crippen molar-refractivity contribution in [2.45, 2.75) is 26.2 Å². The Balaban J connectivity index is 1.47. The molecule has 1 heterocycles. The van der Waals surface area contributed by atoms with Gasteiger partial charge in [0.2, 0.25) is 11.8 Å². The summed E-state index contributed by atoms with van der Waals surface area (Å²) >= 11 is 0. The highest BCUT2D eigenvalue weighted by molar-refractivity contribution is 6.08. The van der Waals surface area contributed by atoms with Crippen LogP contribution in [-0.4, -0.2) is 29.2 Å². The van der Waals surface area contributed by atoms with E-state index in [2.05, 4.69) is 0 Å². The number of ether oxygens (including phenoxy) is 1. The van der Waals surface area contributed by atoms with Gasteiger partial charge in [-0.05, 0) is 35.8 Å². The number of imide groups is 1. The molecule has 0 spiro atoms. The molecule has 130 valence electrons. The number of likely N-dealkylation sites (tertiary alicyclic amines) is 1. The molecule has 1 aromatic carbocycles. The lowest BCUT2D eigenvalue weighted by atomic mass is 9.85. The third kappa shape index (κ3) is 2.49. The van der Waals surface area contributed by atoms with Gasteiger partial charge in [0, 0.05) is 0 Å². The van der Waals surface area contributed by atoms with Gasteiger partial charge >= 0.3 is 5.97 Å². The Morgan fingerprint density at radius 3 is 2.32 bits per heavy atom. The molecular weight excluding hydrogens is 318 g/mol. The van der Waals surface area contributed by atoms with Crippen molar-refractivity contribution in [2.24, 2.45) is 23.7 Å². The maximum atomic E-state index is 12.6. The number of hydrogen-bond donors (Lipinski definition) is 0. The van der Waals surface area contributed by atoms with Crippen LogP contribution < -0.4 is 4.74 Å². The summed E-state index contributed by atoms with van der Waals surface area (Å²) in [7, 11) is 0. The van der Waals surface area contributed by atoms with E-state index in [4.69, 9.17) is 4.74 Å². The number of allylic oxidation sites excluding steroid dienone is 2. The van der Waals surface area contributed by atoms with Crippen LogP contribution in [0.4, 0.5) is 0 Å². The van der Waals surface area contributed by atoms with Crippen LogP contribution in [0.2, 0.25) is 0 Å². The minimum atomic E-state index is -0.574. The van der Waals surface area contributed by atoms with E-state index in [0.29, 0.717) is 5.75 Å². The lowest BCUT2D eigenvalue weighted by Crippen LogP contribution is -2.38.